The van der Waals surface area contributed by atoms with Crippen LogP contribution in [0.3, 0.4) is 0 Å². The Hall–Kier alpha value is -1.14. The second-order valence-corrected chi connectivity index (χ2v) is 5.55. The fourth-order valence-electron chi connectivity index (χ4n) is 3.08. The first-order valence-electron chi connectivity index (χ1n) is 7.15. The molecule has 1 aromatic heterocycles. The normalized spacial score (nSPS) is 20.8. The number of aliphatic hydroxyl groups is 1. The number of ether oxygens (including phenoxy) is 1. The highest BCUT2D eigenvalue weighted by Gasteiger charge is 2.43. The van der Waals surface area contributed by atoms with Gasteiger partial charge < -0.3 is 9.84 Å². The number of aliphatic hydroxyl groups excluding tert-OH is 1. The van der Waals surface area contributed by atoms with E-state index in [1.54, 1.807) is 0 Å². The van der Waals surface area contributed by atoms with Crippen molar-refractivity contribution in [2.75, 3.05) is 7.11 Å². The summed E-state index contributed by atoms with van der Waals surface area (Å²) in [5.74, 6) is 0. The van der Waals surface area contributed by atoms with E-state index in [0.29, 0.717) is 12.8 Å². The highest BCUT2D eigenvalue weighted by molar-refractivity contribution is 5.30. The summed E-state index contributed by atoms with van der Waals surface area (Å²) in [6.07, 6.45) is 1.15. The molecular formula is C15H20F3NO2. The zero-order valence-electron chi connectivity index (χ0n) is 12.0. The number of hydrogen-bond donors (Lipinski definition) is 1. The van der Waals surface area contributed by atoms with Gasteiger partial charge in [0.1, 0.15) is 6.10 Å². The molecule has 1 saturated carbocycles. The lowest BCUT2D eigenvalue weighted by molar-refractivity contribution is -0.145. The molecule has 0 radical (unpaired) electrons. The summed E-state index contributed by atoms with van der Waals surface area (Å²) in [5.41, 5.74) is -2.00. The Morgan fingerprint density at radius 1 is 1.24 bits per heavy atom. The van der Waals surface area contributed by atoms with Crippen molar-refractivity contribution in [2.24, 2.45) is 0 Å². The fourth-order valence-corrected chi connectivity index (χ4v) is 3.08. The Balaban J connectivity index is 2.40. The van der Waals surface area contributed by atoms with Gasteiger partial charge in [0.25, 0.3) is 0 Å². The molecule has 1 aromatic rings. The fraction of sp³-hybridized carbons (Fsp3) is 0.667. The molecule has 0 amide bonds. The van der Waals surface area contributed by atoms with Crippen LogP contribution in [-0.2, 0) is 10.9 Å². The molecule has 21 heavy (non-hydrogen) atoms. The molecular weight excluding hydrogens is 283 g/mol. The SMILES string of the molecule is COC1(C(O)c2cnccc2C(F)(F)F)CCCCCC1. The lowest BCUT2D eigenvalue weighted by Gasteiger charge is -2.37. The van der Waals surface area contributed by atoms with Crippen LogP contribution in [0.5, 0.6) is 0 Å². The van der Waals surface area contributed by atoms with Crippen molar-refractivity contribution in [1.29, 1.82) is 0 Å². The van der Waals surface area contributed by atoms with Crippen LogP contribution in [-0.4, -0.2) is 22.8 Å². The van der Waals surface area contributed by atoms with Crippen LogP contribution in [0.1, 0.15) is 55.8 Å². The highest BCUT2D eigenvalue weighted by Crippen LogP contribution is 2.43. The molecule has 0 aliphatic heterocycles. The largest absolute Gasteiger partial charge is 0.416 e. The molecule has 1 unspecified atom stereocenters. The van der Waals surface area contributed by atoms with Crippen molar-refractivity contribution in [3.8, 4) is 0 Å². The van der Waals surface area contributed by atoms with E-state index in [0.717, 1.165) is 44.1 Å². The number of halogens is 3. The van der Waals surface area contributed by atoms with Crippen molar-refractivity contribution in [3.05, 3.63) is 29.6 Å². The van der Waals surface area contributed by atoms with Gasteiger partial charge in [0.15, 0.2) is 0 Å². The van der Waals surface area contributed by atoms with Crippen LogP contribution in [0.15, 0.2) is 18.5 Å². The summed E-state index contributed by atoms with van der Waals surface area (Å²) < 4.78 is 44.8. The van der Waals surface area contributed by atoms with Crippen molar-refractivity contribution in [1.82, 2.24) is 4.98 Å². The van der Waals surface area contributed by atoms with Gasteiger partial charge in [-0.25, -0.2) is 0 Å². The molecule has 2 rings (SSSR count). The van der Waals surface area contributed by atoms with Crippen LogP contribution in [0.2, 0.25) is 0 Å². The van der Waals surface area contributed by atoms with E-state index in [-0.39, 0.29) is 5.56 Å². The summed E-state index contributed by atoms with van der Waals surface area (Å²) in [7, 11) is 1.46. The minimum Gasteiger partial charge on any atom is -0.385 e. The van der Waals surface area contributed by atoms with E-state index in [4.69, 9.17) is 4.74 Å². The van der Waals surface area contributed by atoms with Gasteiger partial charge in [-0.2, -0.15) is 13.2 Å². The molecule has 0 bridgehead atoms. The Bertz CT molecular complexity index is 468. The number of aromatic nitrogens is 1. The Kier molecular flexibility index (Phi) is 4.88. The van der Waals surface area contributed by atoms with Gasteiger partial charge in [-0.15, -0.1) is 0 Å². The predicted octanol–water partition coefficient (Wildman–Crippen LogP) is 3.87. The zero-order chi connectivity index (χ0) is 15.5. The van der Waals surface area contributed by atoms with E-state index >= 15 is 0 Å². The summed E-state index contributed by atoms with van der Waals surface area (Å²) in [4.78, 5) is 3.75. The van der Waals surface area contributed by atoms with Crippen molar-refractivity contribution >= 4 is 0 Å². The molecule has 1 heterocycles. The Morgan fingerprint density at radius 2 is 1.86 bits per heavy atom. The molecule has 1 N–H and O–H groups in total. The van der Waals surface area contributed by atoms with Crippen molar-refractivity contribution in [3.63, 3.8) is 0 Å². The van der Waals surface area contributed by atoms with Gasteiger partial charge in [-0.05, 0) is 18.9 Å². The van der Waals surface area contributed by atoms with Gasteiger partial charge in [-0.1, -0.05) is 25.7 Å². The molecule has 1 aliphatic rings. The second-order valence-electron chi connectivity index (χ2n) is 5.55. The molecule has 0 aromatic carbocycles. The first-order chi connectivity index (χ1) is 9.91. The molecule has 1 aliphatic carbocycles. The zero-order valence-corrected chi connectivity index (χ0v) is 12.0. The Morgan fingerprint density at radius 3 is 2.38 bits per heavy atom. The molecule has 0 saturated heterocycles. The summed E-state index contributed by atoms with van der Waals surface area (Å²) in [6.45, 7) is 0. The quantitative estimate of drug-likeness (QED) is 0.862. The molecule has 3 nitrogen and oxygen atoms in total. The first-order valence-corrected chi connectivity index (χ1v) is 7.15. The molecule has 0 spiro atoms. The van der Waals surface area contributed by atoms with E-state index in [1.165, 1.54) is 7.11 Å². The first kappa shape index (κ1) is 16.2. The Labute approximate surface area is 122 Å². The summed E-state index contributed by atoms with van der Waals surface area (Å²) in [6, 6.07) is 0.901. The van der Waals surface area contributed by atoms with Crippen LogP contribution in [0.25, 0.3) is 0 Å². The molecule has 6 heteroatoms. The standard InChI is InChI=1S/C15H20F3NO2/c1-21-14(7-4-2-3-5-8-14)13(20)11-10-19-9-6-12(11)15(16,17)18/h6,9-10,13,20H,2-5,7-8H2,1H3. The number of rotatable bonds is 3. The molecule has 118 valence electrons. The van der Waals surface area contributed by atoms with Gasteiger partial charge in [0, 0.05) is 25.1 Å². The van der Waals surface area contributed by atoms with Gasteiger partial charge in [-0.3, -0.25) is 4.98 Å². The maximum absolute atomic E-state index is 13.1. The number of pyridine rings is 1. The maximum Gasteiger partial charge on any atom is 0.416 e. The summed E-state index contributed by atoms with van der Waals surface area (Å²) in [5, 5.41) is 10.6. The smallest absolute Gasteiger partial charge is 0.385 e. The van der Waals surface area contributed by atoms with Crippen LogP contribution in [0, 0.1) is 0 Å². The van der Waals surface area contributed by atoms with Gasteiger partial charge in [0.05, 0.1) is 11.2 Å². The van der Waals surface area contributed by atoms with E-state index < -0.39 is 23.4 Å². The number of methoxy groups -OCH3 is 1. The van der Waals surface area contributed by atoms with E-state index in [1.807, 2.05) is 0 Å². The molecule has 1 fully saturated rings. The summed E-state index contributed by atoms with van der Waals surface area (Å²) >= 11 is 0. The highest BCUT2D eigenvalue weighted by atomic mass is 19.4. The third-order valence-electron chi connectivity index (χ3n) is 4.31. The van der Waals surface area contributed by atoms with Crippen molar-refractivity contribution in [2.45, 2.75) is 56.4 Å². The minimum absolute atomic E-state index is 0.200. The lowest BCUT2D eigenvalue weighted by Crippen LogP contribution is -2.39. The van der Waals surface area contributed by atoms with Gasteiger partial charge >= 0.3 is 6.18 Å². The number of nitrogens with zero attached hydrogens (tertiary/aromatic N) is 1. The number of hydrogen-bond acceptors (Lipinski definition) is 3. The van der Waals surface area contributed by atoms with Crippen LogP contribution >= 0.6 is 0 Å². The number of alkyl halides is 3. The predicted molar refractivity (Wildman–Crippen MR) is 71.6 cm³/mol. The van der Waals surface area contributed by atoms with E-state index in [9.17, 15) is 18.3 Å². The van der Waals surface area contributed by atoms with E-state index in [2.05, 4.69) is 4.98 Å². The average molecular weight is 303 g/mol. The second kappa shape index (κ2) is 6.32. The van der Waals surface area contributed by atoms with Crippen LogP contribution in [0.4, 0.5) is 13.2 Å². The average Bonchev–Trinajstić information content (AvgIpc) is 2.72. The minimum atomic E-state index is -4.51. The van der Waals surface area contributed by atoms with Crippen LogP contribution < -0.4 is 0 Å². The third-order valence-corrected chi connectivity index (χ3v) is 4.31. The monoisotopic (exact) mass is 303 g/mol. The lowest BCUT2D eigenvalue weighted by atomic mass is 9.83. The third kappa shape index (κ3) is 3.37. The van der Waals surface area contributed by atoms with Crippen molar-refractivity contribution < 1.29 is 23.0 Å². The molecule has 1 atom stereocenters. The maximum atomic E-state index is 13.1. The van der Waals surface area contributed by atoms with Gasteiger partial charge in [0.2, 0.25) is 0 Å². The topological polar surface area (TPSA) is 42.4 Å².